The van der Waals surface area contributed by atoms with Gasteiger partial charge in [-0.2, -0.15) is 0 Å². The number of amides is 1. The van der Waals surface area contributed by atoms with E-state index in [-0.39, 0.29) is 35.2 Å². The molecule has 1 N–H and O–H groups in total. The summed E-state index contributed by atoms with van der Waals surface area (Å²) in [6.07, 6.45) is 3.70. The molecule has 4 heteroatoms. The Hall–Kier alpha value is -0.900. The van der Waals surface area contributed by atoms with Crippen molar-refractivity contribution >= 4 is 11.7 Å². The van der Waals surface area contributed by atoms with E-state index in [9.17, 15) is 9.59 Å². The molecule has 0 radical (unpaired) electrons. The predicted molar refractivity (Wildman–Crippen MR) is 74.8 cm³/mol. The third-order valence-corrected chi connectivity index (χ3v) is 4.47. The molecule has 0 spiro atoms. The summed E-state index contributed by atoms with van der Waals surface area (Å²) in [6, 6.07) is -0.111. The minimum absolute atomic E-state index is 0.0263. The molecule has 1 unspecified atom stereocenters. The topological polar surface area (TPSA) is 49.4 Å². The zero-order valence-electron chi connectivity index (χ0n) is 12.5. The number of Topliss-reactive ketones (excluding diaryl/α,β-unsaturated/α-hetero) is 1. The van der Waals surface area contributed by atoms with Crippen molar-refractivity contribution in [3.05, 3.63) is 0 Å². The van der Waals surface area contributed by atoms with Crippen LogP contribution in [-0.4, -0.2) is 41.3 Å². The van der Waals surface area contributed by atoms with Crippen molar-refractivity contribution < 1.29 is 9.59 Å². The normalized spacial score (nSPS) is 31.8. The van der Waals surface area contributed by atoms with Crippen molar-refractivity contribution in [1.29, 1.82) is 0 Å². The number of nitrogens with zero attached hydrogens (tertiary/aromatic N) is 1. The van der Waals surface area contributed by atoms with E-state index in [1.54, 1.807) is 6.92 Å². The van der Waals surface area contributed by atoms with Crippen LogP contribution in [0.3, 0.4) is 0 Å². The van der Waals surface area contributed by atoms with Crippen LogP contribution in [-0.2, 0) is 9.59 Å². The van der Waals surface area contributed by atoms with E-state index in [1.807, 2.05) is 4.90 Å². The Labute approximate surface area is 115 Å². The van der Waals surface area contributed by atoms with Crippen LogP contribution >= 0.6 is 0 Å². The summed E-state index contributed by atoms with van der Waals surface area (Å²) in [5, 5.41) is 3.26. The lowest BCUT2D eigenvalue weighted by Gasteiger charge is -2.38. The number of likely N-dealkylation sites (tertiary alicyclic amines) is 1. The number of carbonyl (C=O) groups is 2. The van der Waals surface area contributed by atoms with Crippen LogP contribution < -0.4 is 5.32 Å². The first-order valence-corrected chi connectivity index (χ1v) is 7.38. The van der Waals surface area contributed by atoms with Crippen LogP contribution in [0, 0.1) is 5.41 Å². The first-order valence-electron chi connectivity index (χ1n) is 7.38. The zero-order chi connectivity index (χ0) is 14.2. The molecule has 2 aliphatic rings. The van der Waals surface area contributed by atoms with Crippen molar-refractivity contribution in [2.75, 3.05) is 6.54 Å². The van der Waals surface area contributed by atoms with E-state index in [0.717, 1.165) is 32.2 Å². The third kappa shape index (κ3) is 2.83. The van der Waals surface area contributed by atoms with E-state index in [0.29, 0.717) is 0 Å². The number of nitrogens with one attached hydrogen (secondary N) is 1. The molecule has 3 atom stereocenters. The van der Waals surface area contributed by atoms with Crippen LogP contribution in [0.5, 0.6) is 0 Å². The fourth-order valence-corrected chi connectivity index (χ4v) is 3.44. The third-order valence-electron chi connectivity index (χ3n) is 4.47. The molecule has 2 fully saturated rings. The highest BCUT2D eigenvalue weighted by Crippen LogP contribution is 2.37. The van der Waals surface area contributed by atoms with E-state index >= 15 is 0 Å². The fraction of sp³-hybridized carbons (Fsp3) is 0.867. The predicted octanol–water partition coefficient (Wildman–Crippen LogP) is 1.73. The van der Waals surface area contributed by atoms with Crippen molar-refractivity contribution in [1.82, 2.24) is 10.2 Å². The van der Waals surface area contributed by atoms with Crippen molar-refractivity contribution in [2.24, 2.45) is 5.41 Å². The lowest BCUT2D eigenvalue weighted by atomic mass is 9.85. The lowest BCUT2D eigenvalue weighted by Crippen LogP contribution is -2.54. The Morgan fingerprint density at radius 3 is 2.32 bits per heavy atom. The quantitative estimate of drug-likeness (QED) is 0.828. The highest BCUT2D eigenvalue weighted by atomic mass is 16.2. The molecule has 2 rings (SSSR count). The monoisotopic (exact) mass is 266 g/mol. The molecule has 19 heavy (non-hydrogen) atoms. The molecule has 0 aromatic heterocycles. The van der Waals surface area contributed by atoms with Gasteiger partial charge in [0.25, 0.3) is 0 Å². The Morgan fingerprint density at radius 1 is 1.16 bits per heavy atom. The molecular weight excluding hydrogens is 240 g/mol. The minimum Gasteiger partial charge on any atom is -0.328 e. The molecule has 4 nitrogen and oxygen atoms in total. The smallest absolute Gasteiger partial charge is 0.240 e. The van der Waals surface area contributed by atoms with E-state index in [4.69, 9.17) is 0 Å². The minimum atomic E-state index is -0.209. The summed E-state index contributed by atoms with van der Waals surface area (Å²) in [7, 11) is 0. The second kappa shape index (κ2) is 5.23. The highest BCUT2D eigenvalue weighted by molar-refractivity contribution is 5.90. The van der Waals surface area contributed by atoms with Crippen LogP contribution in [0.15, 0.2) is 0 Å². The van der Waals surface area contributed by atoms with Gasteiger partial charge in [0.2, 0.25) is 5.91 Å². The molecule has 0 aliphatic carbocycles. The molecular formula is C15H26N2O2. The maximum Gasteiger partial charge on any atom is 0.240 e. The zero-order valence-corrected chi connectivity index (χ0v) is 12.5. The van der Waals surface area contributed by atoms with Gasteiger partial charge in [0.05, 0.1) is 12.1 Å². The molecule has 2 saturated heterocycles. The Kier molecular flexibility index (Phi) is 4.00. The van der Waals surface area contributed by atoms with Gasteiger partial charge in [0, 0.05) is 6.04 Å². The summed E-state index contributed by atoms with van der Waals surface area (Å²) >= 11 is 0. The molecule has 108 valence electrons. The van der Waals surface area contributed by atoms with Gasteiger partial charge in [0.15, 0.2) is 5.78 Å². The maximum absolute atomic E-state index is 12.7. The number of hydrogen-bond acceptors (Lipinski definition) is 3. The summed E-state index contributed by atoms with van der Waals surface area (Å²) < 4.78 is 0. The SMILES string of the molecule is CC(=O)C1CC[C@H](C(C)(C)C)N1C(=O)[C@@H]1CCCN1. The van der Waals surface area contributed by atoms with E-state index in [1.165, 1.54) is 0 Å². The molecule has 0 saturated carbocycles. The van der Waals surface area contributed by atoms with Gasteiger partial charge in [-0.25, -0.2) is 0 Å². The standard InChI is InChI=1S/C15H26N2O2/c1-10(18)12-7-8-13(15(2,3)4)17(12)14(19)11-6-5-9-16-11/h11-13,16H,5-9H2,1-4H3/t11-,12?,13+/m0/s1. The van der Waals surface area contributed by atoms with Gasteiger partial charge in [-0.15, -0.1) is 0 Å². The number of hydrogen-bond donors (Lipinski definition) is 1. The molecule has 0 bridgehead atoms. The van der Waals surface area contributed by atoms with Gasteiger partial charge in [-0.1, -0.05) is 20.8 Å². The number of rotatable bonds is 2. The van der Waals surface area contributed by atoms with Crippen molar-refractivity contribution in [3.63, 3.8) is 0 Å². The average Bonchev–Trinajstić information content (AvgIpc) is 2.96. The molecule has 2 aliphatic heterocycles. The molecule has 0 aromatic carbocycles. The van der Waals surface area contributed by atoms with Gasteiger partial charge in [-0.05, 0) is 44.6 Å². The van der Waals surface area contributed by atoms with Crippen LogP contribution in [0.2, 0.25) is 0 Å². The number of ketones is 1. The van der Waals surface area contributed by atoms with Crippen molar-refractivity contribution in [2.45, 2.75) is 71.5 Å². The average molecular weight is 266 g/mol. The second-order valence-electron chi connectivity index (χ2n) is 6.98. The van der Waals surface area contributed by atoms with E-state index < -0.39 is 0 Å². The molecule has 0 aromatic rings. The lowest BCUT2D eigenvalue weighted by molar-refractivity contribution is -0.142. The molecule has 1 amide bonds. The Balaban J connectivity index is 2.23. The summed E-state index contributed by atoms with van der Waals surface area (Å²) in [4.78, 5) is 26.5. The number of carbonyl (C=O) groups excluding carboxylic acids is 2. The van der Waals surface area contributed by atoms with Crippen LogP contribution in [0.25, 0.3) is 0 Å². The van der Waals surface area contributed by atoms with Gasteiger partial charge in [-0.3, -0.25) is 9.59 Å². The van der Waals surface area contributed by atoms with Gasteiger partial charge in [0.1, 0.15) is 0 Å². The van der Waals surface area contributed by atoms with Gasteiger partial charge >= 0.3 is 0 Å². The second-order valence-corrected chi connectivity index (χ2v) is 6.98. The summed E-state index contributed by atoms with van der Waals surface area (Å²) in [5.74, 6) is 0.258. The van der Waals surface area contributed by atoms with E-state index in [2.05, 4.69) is 26.1 Å². The first-order chi connectivity index (χ1) is 8.82. The van der Waals surface area contributed by atoms with Crippen LogP contribution in [0.4, 0.5) is 0 Å². The summed E-state index contributed by atoms with van der Waals surface area (Å²) in [6.45, 7) is 8.99. The Morgan fingerprint density at radius 2 is 1.84 bits per heavy atom. The molecule has 2 heterocycles. The fourth-order valence-electron chi connectivity index (χ4n) is 3.44. The van der Waals surface area contributed by atoms with Crippen molar-refractivity contribution in [3.8, 4) is 0 Å². The first kappa shape index (κ1) is 14.5. The maximum atomic E-state index is 12.7. The van der Waals surface area contributed by atoms with Gasteiger partial charge < -0.3 is 10.2 Å². The summed E-state index contributed by atoms with van der Waals surface area (Å²) in [5.41, 5.74) is 0.0263. The largest absolute Gasteiger partial charge is 0.328 e. The Bertz CT molecular complexity index is 367. The van der Waals surface area contributed by atoms with Crippen LogP contribution in [0.1, 0.15) is 53.4 Å². The highest BCUT2D eigenvalue weighted by Gasteiger charge is 2.46.